The number of phenols is 1. The van der Waals surface area contributed by atoms with E-state index in [0.717, 1.165) is 16.8 Å². The van der Waals surface area contributed by atoms with Crippen molar-refractivity contribution in [1.82, 2.24) is 19.7 Å². The molecule has 0 aliphatic carbocycles. The second kappa shape index (κ2) is 18.0. The van der Waals surface area contributed by atoms with Gasteiger partial charge in [0.2, 0.25) is 0 Å². The molecule has 5 N–H and O–H groups in total. The molecule has 2 aromatic heterocycles. The lowest BCUT2D eigenvalue weighted by molar-refractivity contribution is 0.0867. The van der Waals surface area contributed by atoms with Gasteiger partial charge >= 0.3 is 6.03 Å². The largest absolute Gasteiger partial charge is 0.508 e. The van der Waals surface area contributed by atoms with Gasteiger partial charge in [-0.1, -0.05) is 80.9 Å². The summed E-state index contributed by atoms with van der Waals surface area (Å²) in [6, 6.07) is 30.8. The van der Waals surface area contributed by atoms with Crippen molar-refractivity contribution >= 4 is 35.0 Å². The van der Waals surface area contributed by atoms with Crippen molar-refractivity contribution in [2.75, 3.05) is 23.4 Å². The number of urea groups is 1. The molecule has 0 saturated carbocycles. The molecule has 306 valence electrons. The van der Waals surface area contributed by atoms with E-state index in [9.17, 15) is 29.7 Å². The molecule has 0 spiro atoms. The third-order valence-electron chi connectivity index (χ3n) is 9.67. The molecule has 1 unspecified atom stereocenters. The number of aliphatic hydroxyl groups is 2. The van der Waals surface area contributed by atoms with Gasteiger partial charge in [0, 0.05) is 41.0 Å². The summed E-state index contributed by atoms with van der Waals surface area (Å²) in [5.41, 5.74) is 4.60. The van der Waals surface area contributed by atoms with Crippen molar-refractivity contribution in [3.8, 4) is 22.9 Å². The summed E-state index contributed by atoms with van der Waals surface area (Å²) in [5, 5.41) is 39.9. The van der Waals surface area contributed by atoms with Crippen LogP contribution >= 0.6 is 11.6 Å². The average Bonchev–Trinajstić information content (AvgIpc) is 3.65. The molecule has 59 heavy (non-hydrogen) atoms. The normalized spacial score (nSPS) is 11.9. The summed E-state index contributed by atoms with van der Waals surface area (Å²) in [5.74, 6) is 0.309. The molecule has 3 amide bonds. The van der Waals surface area contributed by atoms with Gasteiger partial charge in [0.1, 0.15) is 28.9 Å². The van der Waals surface area contributed by atoms with Gasteiger partial charge in [-0.2, -0.15) is 5.10 Å². The van der Waals surface area contributed by atoms with Crippen molar-refractivity contribution < 1.29 is 29.6 Å². The number of nitrogens with one attached hydrogen (secondary N) is 2. The van der Waals surface area contributed by atoms with E-state index >= 15 is 0 Å². The molecule has 13 nitrogen and oxygen atoms in total. The second-order valence-corrected chi connectivity index (χ2v) is 15.5. The first-order chi connectivity index (χ1) is 28.1. The molecular weight excluding hydrogens is 772 g/mol. The van der Waals surface area contributed by atoms with Gasteiger partial charge in [-0.25, -0.2) is 9.48 Å². The highest BCUT2D eigenvalue weighted by atomic mass is 35.5. The maximum Gasteiger partial charge on any atom is 0.320 e. The number of pyridine rings is 1. The first-order valence-corrected chi connectivity index (χ1v) is 19.4. The van der Waals surface area contributed by atoms with Crippen LogP contribution in [0.3, 0.4) is 0 Å². The Morgan fingerprint density at radius 2 is 1.59 bits per heavy atom. The number of carbonyl (C=O) groups is 2. The first-order valence-electron chi connectivity index (χ1n) is 19.0. The van der Waals surface area contributed by atoms with Crippen LogP contribution in [0.1, 0.15) is 59.2 Å². The lowest BCUT2D eigenvalue weighted by Gasteiger charge is -2.25. The minimum Gasteiger partial charge on any atom is -0.508 e. The summed E-state index contributed by atoms with van der Waals surface area (Å²) >= 11 is 6.69. The van der Waals surface area contributed by atoms with E-state index in [-0.39, 0.29) is 47.2 Å². The van der Waals surface area contributed by atoms with E-state index in [1.807, 2.05) is 64.1 Å². The number of phenolic OH excluding ortho intramolecular Hbond substituents is 1. The van der Waals surface area contributed by atoms with Crippen LogP contribution in [0.25, 0.3) is 11.4 Å². The maximum absolute atomic E-state index is 13.9. The minimum atomic E-state index is -1.16. The Bertz CT molecular complexity index is 2510. The monoisotopic (exact) mass is 818 g/mol. The fraction of sp³-hybridized carbons (Fsp3) is 0.244. The number of hydrogen-bond donors (Lipinski definition) is 5. The highest BCUT2D eigenvalue weighted by molar-refractivity contribution is 6.31. The van der Waals surface area contributed by atoms with Gasteiger partial charge in [0.25, 0.3) is 11.5 Å². The van der Waals surface area contributed by atoms with E-state index in [1.54, 1.807) is 84.4 Å². The minimum absolute atomic E-state index is 0.0443. The quantitative estimate of drug-likeness (QED) is 0.0815. The van der Waals surface area contributed by atoms with Crippen molar-refractivity contribution in [3.05, 3.63) is 158 Å². The van der Waals surface area contributed by atoms with Gasteiger partial charge < -0.3 is 30.3 Å². The number of amides is 3. The van der Waals surface area contributed by atoms with Gasteiger partial charge in [-0.15, -0.1) is 0 Å². The highest BCUT2D eigenvalue weighted by Crippen LogP contribution is 2.29. The number of hydrogen-bond acceptors (Lipinski definition) is 8. The smallest absolute Gasteiger partial charge is 0.320 e. The standard InChI is InChI=1S/C45H47ClN6O7/c1-28-15-16-30(42(56)50(25-36(55)26-53)33-13-7-6-8-14-33)22-37(28)51-29(2)21-38(41(46)43(51)57)59-27-32-12-10-9-11-31(32)24-47-44(58)48-40-23-39(45(3,4)5)49-52(40)34-17-19-35(54)20-18-34/h6-23,36,53-55H,24-27H2,1-5H3,(H2,47,48,58). The summed E-state index contributed by atoms with van der Waals surface area (Å²) < 4.78 is 9.18. The van der Waals surface area contributed by atoms with Crippen LogP contribution in [0.4, 0.5) is 16.3 Å². The molecule has 2 heterocycles. The summed E-state index contributed by atoms with van der Waals surface area (Å²) in [7, 11) is 0. The Morgan fingerprint density at radius 1 is 0.915 bits per heavy atom. The Morgan fingerprint density at radius 3 is 2.27 bits per heavy atom. The van der Waals surface area contributed by atoms with Crippen LogP contribution in [0.2, 0.25) is 5.02 Å². The highest BCUT2D eigenvalue weighted by Gasteiger charge is 2.24. The van der Waals surface area contributed by atoms with Crippen LogP contribution in [0.15, 0.2) is 114 Å². The predicted molar refractivity (Wildman–Crippen MR) is 228 cm³/mol. The van der Waals surface area contributed by atoms with Gasteiger partial charge in [-0.3, -0.25) is 19.5 Å². The SMILES string of the molecule is Cc1ccc(C(=O)N(CC(O)CO)c2ccccc2)cc1-n1c(C)cc(OCc2ccccc2CNC(=O)Nc2cc(C(C)(C)C)nn2-c2ccc(O)cc2)c(Cl)c1=O. The molecule has 0 bridgehead atoms. The first kappa shape index (κ1) is 42.2. The lowest BCUT2D eigenvalue weighted by atomic mass is 9.92. The zero-order valence-corrected chi connectivity index (χ0v) is 34.2. The maximum atomic E-state index is 13.9. The summed E-state index contributed by atoms with van der Waals surface area (Å²) in [4.78, 5) is 42.4. The van der Waals surface area contributed by atoms with E-state index in [4.69, 9.17) is 21.4 Å². The second-order valence-electron chi connectivity index (χ2n) is 15.2. The fourth-order valence-electron chi connectivity index (χ4n) is 6.40. The number of ether oxygens (including phenoxy) is 1. The van der Waals surface area contributed by atoms with E-state index in [2.05, 4.69) is 10.6 Å². The molecule has 0 aliphatic heterocycles. The van der Waals surface area contributed by atoms with Crippen molar-refractivity contribution in [3.63, 3.8) is 0 Å². The van der Waals surface area contributed by atoms with Crippen LogP contribution in [-0.4, -0.2) is 60.9 Å². The number of para-hydroxylation sites is 1. The molecular formula is C45H47ClN6O7. The molecule has 0 aliphatic rings. The molecule has 14 heteroatoms. The molecule has 6 rings (SSSR count). The predicted octanol–water partition coefficient (Wildman–Crippen LogP) is 7.20. The van der Waals surface area contributed by atoms with Crippen LogP contribution < -0.4 is 25.8 Å². The lowest BCUT2D eigenvalue weighted by Crippen LogP contribution is -2.39. The molecule has 1 atom stereocenters. The van der Waals surface area contributed by atoms with Crippen molar-refractivity contribution in [2.45, 2.75) is 59.3 Å². The molecule has 0 saturated heterocycles. The van der Waals surface area contributed by atoms with Gasteiger partial charge in [0.05, 0.1) is 36.3 Å². The third-order valence-corrected chi connectivity index (χ3v) is 10.0. The molecule has 6 aromatic rings. The Kier molecular flexibility index (Phi) is 12.9. The van der Waals surface area contributed by atoms with Crippen LogP contribution in [0.5, 0.6) is 11.5 Å². The Labute approximate surface area is 347 Å². The topological polar surface area (TPSA) is 171 Å². The van der Waals surface area contributed by atoms with E-state index in [0.29, 0.717) is 34.1 Å². The van der Waals surface area contributed by atoms with Crippen molar-refractivity contribution in [2.24, 2.45) is 0 Å². The van der Waals surface area contributed by atoms with Gasteiger partial charge in [-0.05, 0) is 79.1 Å². The number of rotatable bonds is 13. The van der Waals surface area contributed by atoms with Crippen LogP contribution in [-0.2, 0) is 18.6 Å². The summed E-state index contributed by atoms with van der Waals surface area (Å²) in [6.45, 7) is 9.18. The zero-order valence-electron chi connectivity index (χ0n) is 33.4. The van der Waals surface area contributed by atoms with Gasteiger partial charge in [0.15, 0.2) is 0 Å². The van der Waals surface area contributed by atoms with Crippen molar-refractivity contribution in [1.29, 1.82) is 0 Å². The number of halogens is 1. The number of carbonyl (C=O) groups excluding carboxylic acids is 2. The number of aliphatic hydroxyl groups excluding tert-OH is 2. The molecule has 4 aromatic carbocycles. The third kappa shape index (κ3) is 9.83. The number of aryl methyl sites for hydroxylation is 2. The number of aromatic hydroxyl groups is 1. The Hall–Kier alpha value is -6.41. The van der Waals surface area contributed by atoms with E-state index in [1.165, 1.54) is 9.47 Å². The number of aromatic nitrogens is 3. The number of nitrogens with zero attached hydrogens (tertiary/aromatic N) is 4. The number of anilines is 2. The zero-order chi connectivity index (χ0) is 42.4. The fourth-order valence-corrected chi connectivity index (χ4v) is 6.59. The summed E-state index contributed by atoms with van der Waals surface area (Å²) in [6.07, 6.45) is -1.16. The van der Waals surface area contributed by atoms with E-state index < -0.39 is 30.2 Å². The molecule has 0 radical (unpaired) electrons. The Balaban J connectivity index is 1.18. The van der Waals surface area contributed by atoms with Crippen LogP contribution in [0, 0.1) is 13.8 Å². The number of benzene rings is 4. The molecule has 0 fully saturated rings. The average molecular weight is 819 g/mol.